The van der Waals surface area contributed by atoms with E-state index in [9.17, 15) is 5.11 Å². The van der Waals surface area contributed by atoms with E-state index in [0.717, 1.165) is 53.9 Å². The van der Waals surface area contributed by atoms with E-state index in [2.05, 4.69) is 59.5 Å². The lowest BCUT2D eigenvalue weighted by Crippen LogP contribution is -2.40. The summed E-state index contributed by atoms with van der Waals surface area (Å²) in [4.78, 5) is 2.59. The number of ether oxygens (including phenoxy) is 2. The fourth-order valence-electron chi connectivity index (χ4n) is 5.62. The Kier molecular flexibility index (Phi) is 9.03. The second-order valence-corrected chi connectivity index (χ2v) is 10.4. The van der Waals surface area contributed by atoms with E-state index in [4.69, 9.17) is 15.2 Å². The van der Waals surface area contributed by atoms with Crippen LogP contribution >= 0.6 is 0 Å². The fourth-order valence-corrected chi connectivity index (χ4v) is 5.62. The highest BCUT2D eigenvalue weighted by atomic mass is 16.7. The molecule has 0 radical (unpaired) electrons. The minimum atomic E-state index is -0.421. The molecule has 0 aromatic heterocycles. The van der Waals surface area contributed by atoms with Crippen molar-refractivity contribution in [1.82, 2.24) is 4.90 Å². The standard InChI is InChI=1S/C32H40N2O3/c33-21-28-8-4-5-9-30(28)25-14-16-27(17-15-25)32-36-29(22-34-18-6-2-1-3-7-19-34)20-31(37-32)26-12-10-24(23-35)11-13-26/h4-5,8-17,29,31-32,35H,1-3,6-7,18-23,33H2. The number of benzene rings is 3. The molecule has 0 spiro atoms. The average Bonchev–Trinajstić information content (AvgIpc) is 2.94. The van der Waals surface area contributed by atoms with Gasteiger partial charge in [-0.3, -0.25) is 0 Å². The Hall–Kier alpha value is -2.54. The van der Waals surface area contributed by atoms with Crippen molar-refractivity contribution in [3.8, 4) is 11.1 Å². The number of aliphatic hydroxyl groups excluding tert-OH is 1. The van der Waals surface area contributed by atoms with Crippen molar-refractivity contribution in [3.63, 3.8) is 0 Å². The number of hydrogen-bond donors (Lipinski definition) is 2. The molecule has 2 saturated heterocycles. The van der Waals surface area contributed by atoms with Crippen LogP contribution in [0, 0.1) is 0 Å². The summed E-state index contributed by atoms with van der Waals surface area (Å²) < 4.78 is 13.2. The number of likely N-dealkylation sites (tertiary alicyclic amines) is 1. The summed E-state index contributed by atoms with van der Waals surface area (Å²) in [6, 6.07) is 25.0. The van der Waals surface area contributed by atoms with Gasteiger partial charge in [-0.05, 0) is 53.7 Å². The topological polar surface area (TPSA) is 68.0 Å². The summed E-state index contributed by atoms with van der Waals surface area (Å²) in [6.07, 6.45) is 7.00. The first-order valence-corrected chi connectivity index (χ1v) is 13.8. The third kappa shape index (κ3) is 6.67. The van der Waals surface area contributed by atoms with Gasteiger partial charge in [0, 0.05) is 25.1 Å². The summed E-state index contributed by atoms with van der Waals surface area (Å²) in [5.74, 6) is 0. The minimum absolute atomic E-state index is 0.0504. The van der Waals surface area contributed by atoms with Gasteiger partial charge in [-0.25, -0.2) is 0 Å². The van der Waals surface area contributed by atoms with Crippen LogP contribution in [0.1, 0.15) is 73.2 Å². The third-order valence-electron chi connectivity index (χ3n) is 7.76. The normalized spacial score (nSPS) is 23.4. The number of nitrogens with two attached hydrogens (primary N) is 1. The molecule has 0 bridgehead atoms. The maximum absolute atomic E-state index is 9.47. The van der Waals surface area contributed by atoms with Crippen molar-refractivity contribution in [2.45, 2.75) is 70.2 Å². The van der Waals surface area contributed by atoms with Crippen molar-refractivity contribution in [3.05, 3.63) is 95.1 Å². The summed E-state index contributed by atoms with van der Waals surface area (Å²) in [6.45, 7) is 3.80. The van der Waals surface area contributed by atoms with Gasteiger partial charge >= 0.3 is 0 Å². The highest BCUT2D eigenvalue weighted by Crippen LogP contribution is 2.39. The zero-order chi connectivity index (χ0) is 25.5. The molecule has 3 aromatic rings. The number of aliphatic hydroxyl groups is 1. The molecule has 2 aliphatic heterocycles. The summed E-state index contributed by atoms with van der Waals surface area (Å²) in [5, 5.41) is 9.47. The molecule has 0 aliphatic carbocycles. The number of rotatable bonds is 7. The molecule has 2 aliphatic rings. The molecule has 3 unspecified atom stereocenters. The largest absolute Gasteiger partial charge is 0.392 e. The Morgan fingerprint density at radius 1 is 0.784 bits per heavy atom. The van der Waals surface area contributed by atoms with E-state index in [1.54, 1.807) is 0 Å². The summed E-state index contributed by atoms with van der Waals surface area (Å²) >= 11 is 0. The third-order valence-corrected chi connectivity index (χ3v) is 7.76. The van der Waals surface area contributed by atoms with Gasteiger partial charge in [-0.2, -0.15) is 0 Å². The van der Waals surface area contributed by atoms with Gasteiger partial charge < -0.3 is 25.2 Å². The molecule has 0 saturated carbocycles. The van der Waals surface area contributed by atoms with Crippen LogP contribution in [-0.2, 0) is 22.6 Å². The Morgan fingerprint density at radius 3 is 2.16 bits per heavy atom. The molecule has 2 heterocycles. The highest BCUT2D eigenvalue weighted by Gasteiger charge is 2.33. The van der Waals surface area contributed by atoms with Gasteiger partial charge in [0.15, 0.2) is 6.29 Å². The van der Waals surface area contributed by atoms with Gasteiger partial charge in [-0.15, -0.1) is 0 Å². The highest BCUT2D eigenvalue weighted by molar-refractivity contribution is 5.67. The molecule has 37 heavy (non-hydrogen) atoms. The summed E-state index contributed by atoms with van der Waals surface area (Å²) in [5.41, 5.74) is 12.5. The van der Waals surface area contributed by atoms with Crippen molar-refractivity contribution in [2.75, 3.05) is 19.6 Å². The average molecular weight is 501 g/mol. The van der Waals surface area contributed by atoms with Crippen LogP contribution in [0.3, 0.4) is 0 Å². The van der Waals surface area contributed by atoms with Crippen LogP contribution < -0.4 is 5.73 Å². The van der Waals surface area contributed by atoms with Crippen molar-refractivity contribution >= 4 is 0 Å². The van der Waals surface area contributed by atoms with E-state index in [-0.39, 0.29) is 18.8 Å². The molecular weight excluding hydrogens is 460 g/mol. The SMILES string of the molecule is NCc1ccccc1-c1ccc(C2OC(CN3CCCCCCC3)CC(c3ccc(CO)cc3)O2)cc1. The second-order valence-electron chi connectivity index (χ2n) is 10.4. The molecular formula is C32H40N2O3. The first-order valence-electron chi connectivity index (χ1n) is 13.8. The van der Waals surface area contributed by atoms with Gasteiger partial charge in [0.2, 0.25) is 0 Å². The molecule has 196 valence electrons. The second kappa shape index (κ2) is 12.8. The Balaban J connectivity index is 1.36. The van der Waals surface area contributed by atoms with Gasteiger partial charge in [0.05, 0.1) is 18.8 Å². The quantitative estimate of drug-likeness (QED) is 0.409. The number of hydrogen-bond acceptors (Lipinski definition) is 5. The first kappa shape index (κ1) is 26.1. The van der Waals surface area contributed by atoms with Crippen LogP contribution in [0.5, 0.6) is 0 Å². The molecule has 2 fully saturated rings. The van der Waals surface area contributed by atoms with Crippen LogP contribution in [0.4, 0.5) is 0 Å². The van der Waals surface area contributed by atoms with Crippen LogP contribution in [0.2, 0.25) is 0 Å². The molecule has 3 aromatic carbocycles. The number of nitrogens with zero attached hydrogens (tertiary/aromatic N) is 1. The lowest BCUT2D eigenvalue weighted by atomic mass is 9.97. The van der Waals surface area contributed by atoms with E-state index in [1.807, 2.05) is 18.2 Å². The minimum Gasteiger partial charge on any atom is -0.392 e. The maximum Gasteiger partial charge on any atom is 0.184 e. The van der Waals surface area contributed by atoms with Gasteiger partial charge in [-0.1, -0.05) is 92.1 Å². The Bertz CT molecular complexity index is 1110. The fraction of sp³-hybridized carbons (Fsp3) is 0.438. The maximum atomic E-state index is 9.47. The molecule has 5 heteroatoms. The first-order chi connectivity index (χ1) is 18.2. The summed E-state index contributed by atoms with van der Waals surface area (Å²) in [7, 11) is 0. The predicted octanol–water partition coefficient (Wildman–Crippen LogP) is 6.12. The molecule has 5 rings (SSSR count). The lowest BCUT2D eigenvalue weighted by Gasteiger charge is -2.38. The predicted molar refractivity (Wildman–Crippen MR) is 148 cm³/mol. The van der Waals surface area contributed by atoms with E-state index in [1.165, 1.54) is 37.7 Å². The van der Waals surface area contributed by atoms with E-state index < -0.39 is 6.29 Å². The monoisotopic (exact) mass is 500 g/mol. The van der Waals surface area contributed by atoms with Crippen LogP contribution in [0.25, 0.3) is 11.1 Å². The Labute approximate surface area is 221 Å². The van der Waals surface area contributed by atoms with Crippen molar-refractivity contribution in [1.29, 1.82) is 0 Å². The molecule has 0 amide bonds. The van der Waals surface area contributed by atoms with Crippen molar-refractivity contribution in [2.24, 2.45) is 5.73 Å². The lowest BCUT2D eigenvalue weighted by molar-refractivity contribution is -0.253. The van der Waals surface area contributed by atoms with E-state index in [0.29, 0.717) is 6.54 Å². The molecule has 5 nitrogen and oxygen atoms in total. The smallest absolute Gasteiger partial charge is 0.184 e. The van der Waals surface area contributed by atoms with Crippen LogP contribution in [0.15, 0.2) is 72.8 Å². The van der Waals surface area contributed by atoms with Crippen molar-refractivity contribution < 1.29 is 14.6 Å². The van der Waals surface area contributed by atoms with Gasteiger partial charge in [0.25, 0.3) is 0 Å². The van der Waals surface area contributed by atoms with Crippen LogP contribution in [-0.4, -0.2) is 35.7 Å². The Morgan fingerprint density at radius 2 is 1.46 bits per heavy atom. The zero-order valence-corrected chi connectivity index (χ0v) is 21.7. The van der Waals surface area contributed by atoms with E-state index >= 15 is 0 Å². The molecule has 3 atom stereocenters. The molecule has 3 N–H and O–H groups in total. The zero-order valence-electron chi connectivity index (χ0n) is 21.7. The van der Waals surface area contributed by atoms with Gasteiger partial charge in [0.1, 0.15) is 0 Å².